The van der Waals surface area contributed by atoms with Gasteiger partial charge in [-0.05, 0) is 81.0 Å². The fourth-order valence-corrected chi connectivity index (χ4v) is 6.27. The van der Waals surface area contributed by atoms with Crippen molar-refractivity contribution in [3.8, 4) is 22.3 Å². The lowest BCUT2D eigenvalue weighted by Gasteiger charge is -2.36. The molecule has 1 aliphatic rings. The average Bonchev–Trinajstić information content (AvgIpc) is 2.83. The van der Waals surface area contributed by atoms with Gasteiger partial charge in [-0.1, -0.05) is 121 Å². The zero-order valence-electron chi connectivity index (χ0n) is 21.6. The predicted octanol–water partition coefficient (Wildman–Crippen LogP) is 10.4. The molecule has 4 rings (SSSR count). The van der Waals surface area contributed by atoms with Crippen molar-refractivity contribution in [1.29, 1.82) is 0 Å². The third-order valence-electron chi connectivity index (χ3n) is 7.53. The largest absolute Gasteiger partial charge is 0.0622 e. The Bertz CT molecular complexity index is 976. The zero-order chi connectivity index (χ0) is 23.5. The van der Waals surface area contributed by atoms with Gasteiger partial charge in [-0.2, -0.15) is 0 Å². The first-order valence-corrected chi connectivity index (χ1v) is 13.3. The fraction of sp³-hybridized carbons (Fsp3) is 0.455. The van der Waals surface area contributed by atoms with Gasteiger partial charge in [0.15, 0.2) is 0 Å². The highest BCUT2D eigenvalue weighted by atomic mass is 14.4. The Balaban J connectivity index is 2.23. The molecule has 1 saturated carbocycles. The summed E-state index contributed by atoms with van der Waals surface area (Å²) < 4.78 is 0. The third-order valence-corrected chi connectivity index (χ3v) is 7.53. The van der Waals surface area contributed by atoms with Crippen molar-refractivity contribution < 1.29 is 0 Å². The molecule has 0 heteroatoms. The molecule has 0 aliphatic heterocycles. The van der Waals surface area contributed by atoms with Gasteiger partial charge < -0.3 is 0 Å². The van der Waals surface area contributed by atoms with Crippen LogP contribution in [0.1, 0.15) is 120 Å². The van der Waals surface area contributed by atoms with Crippen molar-refractivity contribution in [2.75, 3.05) is 0 Å². The van der Waals surface area contributed by atoms with E-state index < -0.39 is 0 Å². The summed E-state index contributed by atoms with van der Waals surface area (Å²) in [6.45, 7) is 14.5. The maximum absolute atomic E-state index is 2.42. The van der Waals surface area contributed by atoms with Crippen LogP contribution in [0.4, 0.5) is 0 Å². The highest BCUT2D eigenvalue weighted by molar-refractivity contribution is 5.86. The van der Waals surface area contributed by atoms with E-state index in [0.717, 1.165) is 0 Å². The molecule has 0 aromatic heterocycles. The monoisotopic (exact) mass is 438 g/mol. The average molecular weight is 439 g/mol. The van der Waals surface area contributed by atoms with Crippen LogP contribution in [0.25, 0.3) is 22.3 Å². The second-order valence-corrected chi connectivity index (χ2v) is 10.9. The minimum Gasteiger partial charge on any atom is -0.0622 e. The molecule has 174 valence electrons. The zero-order valence-corrected chi connectivity index (χ0v) is 21.6. The van der Waals surface area contributed by atoms with Crippen LogP contribution in [0, 0.1) is 0 Å². The Labute approximate surface area is 202 Å². The van der Waals surface area contributed by atoms with E-state index in [1.54, 1.807) is 22.3 Å². The summed E-state index contributed by atoms with van der Waals surface area (Å²) in [4.78, 5) is 0. The molecule has 3 aromatic carbocycles. The van der Waals surface area contributed by atoms with Gasteiger partial charge in [-0.25, -0.2) is 0 Å². The molecule has 0 unspecified atom stereocenters. The van der Waals surface area contributed by atoms with Crippen molar-refractivity contribution in [3.63, 3.8) is 0 Å². The highest BCUT2D eigenvalue weighted by Crippen LogP contribution is 2.52. The second-order valence-electron chi connectivity index (χ2n) is 10.9. The Morgan fingerprint density at radius 1 is 0.515 bits per heavy atom. The summed E-state index contributed by atoms with van der Waals surface area (Å²) in [5.41, 5.74) is 12.3. The maximum atomic E-state index is 2.42. The quantitative estimate of drug-likeness (QED) is 0.359. The Kier molecular flexibility index (Phi) is 7.42. The number of hydrogen-bond donors (Lipinski definition) is 0. The second kappa shape index (κ2) is 10.3. The van der Waals surface area contributed by atoms with Crippen LogP contribution in [0.3, 0.4) is 0 Å². The molecule has 1 fully saturated rings. The van der Waals surface area contributed by atoms with Crippen LogP contribution in [-0.2, 0) is 0 Å². The molecule has 0 spiro atoms. The molecule has 0 saturated heterocycles. The normalized spacial score (nSPS) is 15.1. The minimum atomic E-state index is 0.450. The van der Waals surface area contributed by atoms with E-state index in [2.05, 4.69) is 102 Å². The van der Waals surface area contributed by atoms with Gasteiger partial charge in [0.05, 0.1) is 0 Å². The minimum absolute atomic E-state index is 0.450. The van der Waals surface area contributed by atoms with Crippen LogP contribution >= 0.6 is 0 Å². The number of rotatable bonds is 6. The third kappa shape index (κ3) is 4.68. The molecule has 33 heavy (non-hydrogen) atoms. The van der Waals surface area contributed by atoms with E-state index in [0.29, 0.717) is 23.7 Å². The fourth-order valence-electron chi connectivity index (χ4n) is 6.27. The molecule has 0 N–H and O–H groups in total. The van der Waals surface area contributed by atoms with Gasteiger partial charge >= 0.3 is 0 Å². The molecular formula is C33H42. The Morgan fingerprint density at radius 3 is 1.27 bits per heavy atom. The first-order valence-electron chi connectivity index (χ1n) is 13.3. The first-order chi connectivity index (χ1) is 15.9. The number of hydrogen-bond acceptors (Lipinski definition) is 0. The van der Waals surface area contributed by atoms with Crippen molar-refractivity contribution in [2.24, 2.45) is 0 Å². The van der Waals surface area contributed by atoms with Gasteiger partial charge in [0.1, 0.15) is 0 Å². The lowest BCUT2D eigenvalue weighted by Crippen LogP contribution is -2.17. The van der Waals surface area contributed by atoms with Gasteiger partial charge in [-0.15, -0.1) is 0 Å². The lowest BCUT2D eigenvalue weighted by atomic mass is 9.68. The van der Waals surface area contributed by atoms with E-state index in [1.807, 2.05) is 0 Å². The smallest absolute Gasteiger partial charge is 0.0105 e. The SMILES string of the molecule is CC(C)c1c(-c2ccccc2)c(C(C)C)c(C2CCCCC2)c(C(C)C)c1-c1ccccc1. The van der Waals surface area contributed by atoms with Gasteiger partial charge in [-0.3, -0.25) is 0 Å². The van der Waals surface area contributed by atoms with Crippen LogP contribution in [0.2, 0.25) is 0 Å². The highest BCUT2D eigenvalue weighted by Gasteiger charge is 2.32. The van der Waals surface area contributed by atoms with Crippen LogP contribution < -0.4 is 0 Å². The Morgan fingerprint density at radius 2 is 0.909 bits per heavy atom. The predicted molar refractivity (Wildman–Crippen MR) is 145 cm³/mol. The Hall–Kier alpha value is -2.34. The van der Waals surface area contributed by atoms with Crippen LogP contribution in [0.15, 0.2) is 60.7 Å². The molecule has 0 amide bonds. The van der Waals surface area contributed by atoms with Gasteiger partial charge in [0.25, 0.3) is 0 Å². The molecule has 0 heterocycles. The molecule has 3 aromatic rings. The van der Waals surface area contributed by atoms with Gasteiger partial charge in [0.2, 0.25) is 0 Å². The van der Waals surface area contributed by atoms with Crippen molar-refractivity contribution >= 4 is 0 Å². The van der Waals surface area contributed by atoms with Crippen molar-refractivity contribution in [3.05, 3.63) is 82.9 Å². The van der Waals surface area contributed by atoms with Crippen LogP contribution in [-0.4, -0.2) is 0 Å². The lowest BCUT2D eigenvalue weighted by molar-refractivity contribution is 0.437. The van der Waals surface area contributed by atoms with E-state index in [-0.39, 0.29) is 0 Å². The molecule has 0 radical (unpaired) electrons. The molecule has 0 atom stereocenters. The summed E-state index contributed by atoms with van der Waals surface area (Å²) in [7, 11) is 0. The summed E-state index contributed by atoms with van der Waals surface area (Å²) in [5.74, 6) is 2.12. The van der Waals surface area contributed by atoms with E-state index in [9.17, 15) is 0 Å². The molecule has 0 nitrogen and oxygen atoms in total. The topological polar surface area (TPSA) is 0 Å². The summed E-state index contributed by atoms with van der Waals surface area (Å²) in [6, 6.07) is 22.5. The van der Waals surface area contributed by atoms with E-state index in [4.69, 9.17) is 0 Å². The van der Waals surface area contributed by atoms with E-state index in [1.165, 1.54) is 54.4 Å². The summed E-state index contributed by atoms with van der Waals surface area (Å²) in [5, 5.41) is 0. The molecule has 1 aliphatic carbocycles. The maximum Gasteiger partial charge on any atom is -0.0105 e. The van der Waals surface area contributed by atoms with Crippen LogP contribution in [0.5, 0.6) is 0 Å². The van der Waals surface area contributed by atoms with Gasteiger partial charge in [0, 0.05) is 0 Å². The summed E-state index contributed by atoms with van der Waals surface area (Å²) in [6.07, 6.45) is 6.80. The van der Waals surface area contributed by atoms with E-state index >= 15 is 0 Å². The molecular weight excluding hydrogens is 396 g/mol. The summed E-state index contributed by atoms with van der Waals surface area (Å²) >= 11 is 0. The van der Waals surface area contributed by atoms with Crippen molar-refractivity contribution in [2.45, 2.75) is 97.3 Å². The molecule has 0 bridgehead atoms. The standard InChI is InChI=1S/C33H42/c1-22(2)28-31(25-16-10-7-11-17-25)29(23(3)4)33(27-20-14-9-15-21-27)30(24(5)6)32(28)26-18-12-8-13-19-26/h7-8,10-13,16-19,22-24,27H,9,14-15,20-21H2,1-6H3. The first kappa shape index (κ1) is 23.8. The van der Waals surface area contributed by atoms with Crippen molar-refractivity contribution in [1.82, 2.24) is 0 Å². The number of benzene rings is 3.